The topological polar surface area (TPSA) is 76.0 Å². The van der Waals surface area contributed by atoms with Crippen molar-refractivity contribution in [1.82, 2.24) is 0 Å². The van der Waals surface area contributed by atoms with E-state index >= 15 is 0 Å². The predicted octanol–water partition coefficient (Wildman–Crippen LogP) is 1.86. The van der Waals surface area contributed by atoms with Crippen LogP contribution in [0.4, 0.5) is 0 Å². The average Bonchev–Trinajstić information content (AvgIpc) is 2.30. The van der Waals surface area contributed by atoms with Crippen LogP contribution in [0.15, 0.2) is 34.7 Å². The first kappa shape index (κ1) is 14.0. The maximum atomic E-state index is 11.4. The number of nitrogens with zero attached hydrogens (tertiary/aromatic N) is 1. The van der Waals surface area contributed by atoms with Gasteiger partial charge in [-0.1, -0.05) is 30.3 Å². The SMILES string of the molecule is CSO[SH](=O)=N[C@](C)(C(=O)O)c1ccccc1. The van der Waals surface area contributed by atoms with Crippen molar-refractivity contribution in [3.05, 3.63) is 35.9 Å². The molecule has 0 fully saturated rings. The minimum Gasteiger partial charge on any atom is -0.479 e. The molecule has 0 aliphatic heterocycles. The lowest BCUT2D eigenvalue weighted by molar-refractivity contribution is -0.142. The molecular formula is C10H13NO4S2. The Labute approximate surface area is 106 Å². The minimum atomic E-state index is -2.37. The van der Waals surface area contributed by atoms with Gasteiger partial charge in [0.05, 0.1) is 0 Å². The average molecular weight is 275 g/mol. The lowest BCUT2D eigenvalue weighted by atomic mass is 9.94. The molecule has 0 amide bonds. The number of carboxylic acids is 1. The predicted molar refractivity (Wildman–Crippen MR) is 68.0 cm³/mol. The molecule has 0 heterocycles. The molecule has 1 N–H and O–H groups in total. The highest BCUT2D eigenvalue weighted by Crippen LogP contribution is 2.26. The lowest BCUT2D eigenvalue weighted by Gasteiger charge is -2.19. The van der Waals surface area contributed by atoms with Gasteiger partial charge in [0.25, 0.3) is 0 Å². The summed E-state index contributed by atoms with van der Waals surface area (Å²) >= 11 is 0.887. The van der Waals surface area contributed by atoms with Crippen molar-refractivity contribution < 1.29 is 17.7 Å². The van der Waals surface area contributed by atoms with E-state index in [4.69, 9.17) is 3.63 Å². The Morgan fingerprint density at radius 2 is 2.06 bits per heavy atom. The van der Waals surface area contributed by atoms with Crippen LogP contribution in [-0.4, -0.2) is 21.5 Å². The van der Waals surface area contributed by atoms with Gasteiger partial charge in [0.2, 0.25) is 0 Å². The van der Waals surface area contributed by atoms with E-state index in [9.17, 15) is 14.1 Å². The van der Waals surface area contributed by atoms with Crippen molar-refractivity contribution in [2.75, 3.05) is 6.26 Å². The molecule has 0 aliphatic rings. The Balaban J connectivity index is 3.21. The van der Waals surface area contributed by atoms with Crippen LogP contribution in [0.1, 0.15) is 12.5 Å². The maximum absolute atomic E-state index is 11.4. The van der Waals surface area contributed by atoms with Crippen molar-refractivity contribution in [3.63, 3.8) is 0 Å². The van der Waals surface area contributed by atoms with E-state index in [1.807, 2.05) is 0 Å². The number of hydrogen-bond donors (Lipinski definition) is 2. The molecule has 94 valence electrons. The summed E-state index contributed by atoms with van der Waals surface area (Å²) in [6, 6.07) is 8.42. The lowest BCUT2D eigenvalue weighted by Crippen LogP contribution is -2.30. The highest BCUT2D eigenvalue weighted by Gasteiger charge is 2.35. The second kappa shape index (κ2) is 6.04. The normalized spacial score (nSPS) is 16.4. The van der Waals surface area contributed by atoms with Crippen LogP contribution in [0.25, 0.3) is 0 Å². The van der Waals surface area contributed by atoms with Gasteiger partial charge in [-0.15, -0.1) is 0 Å². The van der Waals surface area contributed by atoms with E-state index in [1.54, 1.807) is 36.6 Å². The third-order valence-electron chi connectivity index (χ3n) is 2.17. The highest BCUT2D eigenvalue weighted by molar-refractivity contribution is 7.99. The van der Waals surface area contributed by atoms with Crippen LogP contribution in [0.5, 0.6) is 0 Å². The molecule has 1 aromatic rings. The van der Waals surface area contributed by atoms with Crippen LogP contribution < -0.4 is 0 Å². The zero-order valence-corrected chi connectivity index (χ0v) is 11.1. The van der Waals surface area contributed by atoms with Gasteiger partial charge < -0.3 is 5.11 Å². The van der Waals surface area contributed by atoms with Gasteiger partial charge in [-0.25, -0.2) is 12.6 Å². The van der Waals surface area contributed by atoms with E-state index in [0.717, 1.165) is 12.0 Å². The first-order chi connectivity index (χ1) is 8.00. The van der Waals surface area contributed by atoms with Crippen LogP contribution >= 0.6 is 12.0 Å². The smallest absolute Gasteiger partial charge is 0.336 e. The number of hydrogen-bond acceptors (Lipinski definition) is 5. The largest absolute Gasteiger partial charge is 0.479 e. The minimum absolute atomic E-state index is 0.459. The van der Waals surface area contributed by atoms with Gasteiger partial charge in [-0.2, -0.15) is 4.36 Å². The number of thiol groups is 1. The van der Waals surface area contributed by atoms with Crippen LogP contribution in [0, 0.1) is 0 Å². The van der Waals surface area contributed by atoms with Gasteiger partial charge in [-0.3, -0.25) is 0 Å². The summed E-state index contributed by atoms with van der Waals surface area (Å²) in [7, 11) is -2.37. The van der Waals surface area contributed by atoms with Gasteiger partial charge in [0, 0.05) is 18.3 Å². The van der Waals surface area contributed by atoms with E-state index in [0.29, 0.717) is 5.56 Å². The molecule has 5 nitrogen and oxygen atoms in total. The fraction of sp³-hybridized carbons (Fsp3) is 0.300. The molecule has 0 aliphatic carbocycles. The van der Waals surface area contributed by atoms with Crippen molar-refractivity contribution in [1.29, 1.82) is 0 Å². The molecule has 0 radical (unpaired) electrons. The van der Waals surface area contributed by atoms with E-state index < -0.39 is 22.4 Å². The molecule has 7 heteroatoms. The summed E-state index contributed by atoms with van der Waals surface area (Å²) in [4.78, 5) is 11.3. The molecule has 0 aromatic heterocycles. The second-order valence-electron chi connectivity index (χ2n) is 3.32. The summed E-state index contributed by atoms with van der Waals surface area (Å²) in [6.45, 7) is 1.39. The first-order valence-electron chi connectivity index (χ1n) is 4.70. The summed E-state index contributed by atoms with van der Waals surface area (Å²) in [5.41, 5.74) is -1.11. The molecule has 0 saturated carbocycles. The maximum Gasteiger partial charge on any atom is 0.336 e. The van der Waals surface area contributed by atoms with Crippen molar-refractivity contribution >= 4 is 28.9 Å². The zero-order valence-electron chi connectivity index (χ0n) is 9.36. The Hall–Kier alpha value is -1.05. The molecule has 0 bridgehead atoms. The summed E-state index contributed by atoms with van der Waals surface area (Å²) in [5, 5.41) is 9.22. The Morgan fingerprint density at radius 3 is 2.53 bits per heavy atom. The fourth-order valence-electron chi connectivity index (χ4n) is 1.23. The number of carboxylic acid groups (broad SMARTS) is 1. The number of carbonyl (C=O) groups is 1. The van der Waals surface area contributed by atoms with Crippen molar-refractivity contribution in [2.45, 2.75) is 12.5 Å². The molecule has 0 saturated heterocycles. The molecule has 2 atom stereocenters. The molecule has 1 unspecified atom stereocenters. The molecule has 1 aromatic carbocycles. The quantitative estimate of drug-likeness (QED) is 0.633. The van der Waals surface area contributed by atoms with Gasteiger partial charge in [0.15, 0.2) is 16.4 Å². The Bertz CT molecular complexity index is 470. The Morgan fingerprint density at radius 1 is 1.47 bits per heavy atom. The van der Waals surface area contributed by atoms with Crippen LogP contribution in [-0.2, 0) is 24.8 Å². The zero-order chi connectivity index (χ0) is 12.9. The first-order valence-corrected chi connectivity index (χ1v) is 6.98. The number of benzene rings is 1. The fourth-order valence-corrected chi connectivity index (χ4v) is 2.40. The van der Waals surface area contributed by atoms with Crippen LogP contribution in [0.2, 0.25) is 0 Å². The van der Waals surface area contributed by atoms with Crippen molar-refractivity contribution in [2.24, 2.45) is 4.36 Å². The van der Waals surface area contributed by atoms with Crippen LogP contribution in [0.3, 0.4) is 0 Å². The molecule has 0 spiro atoms. The molecule has 1 rings (SSSR count). The third kappa shape index (κ3) is 3.45. The standard InChI is InChI=1S/C10H13NO4S2/c1-10(9(12)13,11-17(14)15-16-2)8-6-4-3-5-7-8/h3-7,17H,1-2H3,(H,12,13)/t10-/m0/s1. The number of aliphatic carboxylic acids is 1. The van der Waals surface area contributed by atoms with Crippen molar-refractivity contribution in [3.8, 4) is 0 Å². The van der Waals surface area contributed by atoms with Gasteiger partial charge >= 0.3 is 5.97 Å². The highest BCUT2D eigenvalue weighted by atomic mass is 32.2. The monoisotopic (exact) mass is 275 g/mol. The summed E-state index contributed by atoms with van der Waals surface area (Å²) in [5.74, 6) is -1.17. The third-order valence-corrected chi connectivity index (χ3v) is 3.84. The summed E-state index contributed by atoms with van der Waals surface area (Å²) in [6.07, 6.45) is 1.59. The van der Waals surface area contributed by atoms with E-state index in [-0.39, 0.29) is 0 Å². The summed E-state index contributed by atoms with van der Waals surface area (Å²) < 4.78 is 19.9. The Kier molecular flexibility index (Phi) is 4.98. The molecule has 17 heavy (non-hydrogen) atoms. The second-order valence-corrected chi connectivity index (χ2v) is 4.93. The van der Waals surface area contributed by atoms with Gasteiger partial charge in [0.1, 0.15) is 0 Å². The van der Waals surface area contributed by atoms with E-state index in [2.05, 4.69) is 4.36 Å². The molecular weight excluding hydrogens is 262 g/mol. The van der Waals surface area contributed by atoms with Gasteiger partial charge in [-0.05, 0) is 12.5 Å². The van der Waals surface area contributed by atoms with E-state index in [1.165, 1.54) is 6.92 Å². The number of rotatable bonds is 5.